The summed E-state index contributed by atoms with van der Waals surface area (Å²) in [7, 11) is 0. The fraction of sp³-hybridized carbons (Fsp3) is 0.364. The van der Waals surface area contributed by atoms with E-state index in [1.165, 1.54) is 6.07 Å². The fourth-order valence-corrected chi connectivity index (χ4v) is 1.24. The van der Waals surface area contributed by atoms with Crippen LogP contribution in [0, 0.1) is 6.92 Å². The van der Waals surface area contributed by atoms with Gasteiger partial charge in [-0.25, -0.2) is 4.79 Å². The first kappa shape index (κ1) is 11.4. The Morgan fingerprint density at radius 1 is 1.53 bits per heavy atom. The van der Waals surface area contributed by atoms with E-state index in [1.807, 2.05) is 0 Å². The number of phenolic OH excluding ortho intramolecular Hbond substituents is 1. The molecule has 1 aromatic rings. The van der Waals surface area contributed by atoms with Crippen LogP contribution in [0.15, 0.2) is 18.2 Å². The molecule has 0 aliphatic heterocycles. The normalized spacial score (nSPS) is 12.1. The molecule has 0 radical (unpaired) electrons. The fourth-order valence-electron chi connectivity index (χ4n) is 1.24. The molecule has 1 atom stereocenters. The van der Waals surface area contributed by atoms with Crippen molar-refractivity contribution in [3.8, 4) is 5.75 Å². The van der Waals surface area contributed by atoms with Crippen molar-refractivity contribution in [2.75, 3.05) is 5.32 Å². The average Bonchev–Trinajstić information content (AvgIpc) is 2.19. The highest BCUT2D eigenvalue weighted by Crippen LogP contribution is 2.21. The maximum atomic E-state index is 10.8. The third kappa shape index (κ3) is 2.87. The lowest BCUT2D eigenvalue weighted by atomic mass is 10.1. The molecule has 0 amide bonds. The first-order valence-corrected chi connectivity index (χ1v) is 4.83. The standard InChI is InChI=1S/C11H15NO3/c1-3-9(11(14)15)12-8-5-4-7(2)10(13)6-8/h4-6,9,12-13H,3H2,1-2H3,(H,14,15). The smallest absolute Gasteiger partial charge is 0.326 e. The summed E-state index contributed by atoms with van der Waals surface area (Å²) in [6.07, 6.45) is 0.490. The summed E-state index contributed by atoms with van der Waals surface area (Å²) in [4.78, 5) is 10.8. The lowest BCUT2D eigenvalue weighted by Crippen LogP contribution is -2.28. The van der Waals surface area contributed by atoms with Gasteiger partial charge in [0.15, 0.2) is 0 Å². The largest absolute Gasteiger partial charge is 0.508 e. The van der Waals surface area contributed by atoms with E-state index in [-0.39, 0.29) is 5.75 Å². The van der Waals surface area contributed by atoms with Gasteiger partial charge in [0.25, 0.3) is 0 Å². The van der Waals surface area contributed by atoms with E-state index in [9.17, 15) is 9.90 Å². The summed E-state index contributed by atoms with van der Waals surface area (Å²) in [6.45, 7) is 3.58. The summed E-state index contributed by atoms with van der Waals surface area (Å²) in [5.41, 5.74) is 1.39. The second kappa shape index (κ2) is 4.68. The van der Waals surface area contributed by atoms with Crippen molar-refractivity contribution in [2.45, 2.75) is 26.3 Å². The first-order chi connectivity index (χ1) is 7.04. The number of benzene rings is 1. The van der Waals surface area contributed by atoms with Crippen LogP contribution in [0.25, 0.3) is 0 Å². The zero-order valence-electron chi connectivity index (χ0n) is 8.82. The van der Waals surface area contributed by atoms with Crippen molar-refractivity contribution < 1.29 is 15.0 Å². The van der Waals surface area contributed by atoms with Crippen LogP contribution >= 0.6 is 0 Å². The van der Waals surface area contributed by atoms with Crippen molar-refractivity contribution in [2.24, 2.45) is 0 Å². The molecule has 3 N–H and O–H groups in total. The van der Waals surface area contributed by atoms with Crippen molar-refractivity contribution in [3.63, 3.8) is 0 Å². The maximum Gasteiger partial charge on any atom is 0.326 e. The molecular weight excluding hydrogens is 194 g/mol. The Morgan fingerprint density at radius 3 is 2.67 bits per heavy atom. The van der Waals surface area contributed by atoms with Gasteiger partial charge in [-0.3, -0.25) is 0 Å². The van der Waals surface area contributed by atoms with Gasteiger partial charge < -0.3 is 15.5 Å². The zero-order valence-corrected chi connectivity index (χ0v) is 8.82. The Morgan fingerprint density at radius 2 is 2.20 bits per heavy atom. The highest BCUT2D eigenvalue weighted by atomic mass is 16.4. The van der Waals surface area contributed by atoms with Crippen LogP contribution < -0.4 is 5.32 Å². The van der Waals surface area contributed by atoms with E-state index in [0.717, 1.165) is 5.56 Å². The van der Waals surface area contributed by atoms with Crippen LogP contribution in [0.3, 0.4) is 0 Å². The molecule has 0 saturated carbocycles. The van der Waals surface area contributed by atoms with Crippen LogP contribution in [0.5, 0.6) is 5.75 Å². The number of carbonyl (C=O) groups is 1. The Hall–Kier alpha value is -1.71. The number of anilines is 1. The van der Waals surface area contributed by atoms with Crippen LogP contribution in [-0.2, 0) is 4.79 Å². The molecule has 0 fully saturated rings. The number of aryl methyl sites for hydroxylation is 1. The number of carboxylic acid groups (broad SMARTS) is 1. The maximum absolute atomic E-state index is 10.8. The van der Waals surface area contributed by atoms with Gasteiger partial charge in [0.1, 0.15) is 11.8 Å². The molecule has 0 saturated heterocycles. The molecule has 4 heteroatoms. The Kier molecular flexibility index (Phi) is 3.55. The molecule has 0 bridgehead atoms. The minimum absolute atomic E-state index is 0.167. The molecule has 15 heavy (non-hydrogen) atoms. The number of rotatable bonds is 4. The SMILES string of the molecule is CCC(Nc1ccc(C)c(O)c1)C(=O)O. The molecule has 0 heterocycles. The van der Waals surface area contributed by atoms with Crippen LogP contribution in [0.4, 0.5) is 5.69 Å². The second-order valence-electron chi connectivity index (χ2n) is 3.44. The quantitative estimate of drug-likeness (QED) is 0.709. The molecule has 0 aromatic heterocycles. The third-order valence-electron chi connectivity index (χ3n) is 2.26. The Bertz CT molecular complexity index is 363. The lowest BCUT2D eigenvalue weighted by molar-refractivity contribution is -0.137. The predicted molar refractivity (Wildman–Crippen MR) is 58.2 cm³/mol. The lowest BCUT2D eigenvalue weighted by Gasteiger charge is -2.14. The number of carboxylic acids is 1. The molecule has 4 nitrogen and oxygen atoms in total. The summed E-state index contributed by atoms with van der Waals surface area (Å²) in [5.74, 6) is -0.724. The van der Waals surface area contributed by atoms with Gasteiger partial charge in [-0.2, -0.15) is 0 Å². The minimum Gasteiger partial charge on any atom is -0.508 e. The number of phenols is 1. The molecule has 1 unspecified atom stereocenters. The van der Waals surface area contributed by atoms with Gasteiger partial charge in [-0.1, -0.05) is 13.0 Å². The van der Waals surface area contributed by atoms with Gasteiger partial charge in [0.2, 0.25) is 0 Å². The van der Waals surface area contributed by atoms with Crippen LogP contribution in [-0.4, -0.2) is 22.2 Å². The molecule has 1 rings (SSSR count). The highest BCUT2D eigenvalue weighted by Gasteiger charge is 2.14. The summed E-state index contributed by atoms with van der Waals surface area (Å²) >= 11 is 0. The summed E-state index contributed by atoms with van der Waals surface area (Å²) in [6, 6.07) is 4.40. The average molecular weight is 209 g/mol. The summed E-state index contributed by atoms with van der Waals surface area (Å²) < 4.78 is 0. The molecular formula is C11H15NO3. The van der Waals surface area contributed by atoms with E-state index in [1.54, 1.807) is 26.0 Å². The van der Waals surface area contributed by atoms with Crippen molar-refractivity contribution in [1.29, 1.82) is 0 Å². The first-order valence-electron chi connectivity index (χ1n) is 4.83. The molecule has 0 aliphatic rings. The Labute approximate surface area is 88.6 Å². The highest BCUT2D eigenvalue weighted by molar-refractivity contribution is 5.77. The van der Waals surface area contributed by atoms with Crippen LogP contribution in [0.1, 0.15) is 18.9 Å². The van der Waals surface area contributed by atoms with E-state index in [0.29, 0.717) is 12.1 Å². The van der Waals surface area contributed by atoms with E-state index in [2.05, 4.69) is 5.32 Å². The van der Waals surface area contributed by atoms with E-state index < -0.39 is 12.0 Å². The second-order valence-corrected chi connectivity index (χ2v) is 3.44. The van der Waals surface area contributed by atoms with Crippen molar-refractivity contribution in [1.82, 2.24) is 0 Å². The number of aliphatic carboxylic acids is 1. The summed E-state index contributed by atoms with van der Waals surface area (Å²) in [5, 5.41) is 21.1. The number of aromatic hydroxyl groups is 1. The van der Waals surface area contributed by atoms with Gasteiger partial charge in [0, 0.05) is 11.8 Å². The number of hydrogen-bond acceptors (Lipinski definition) is 3. The molecule has 0 aliphatic carbocycles. The Balaban J connectivity index is 2.80. The van der Waals surface area contributed by atoms with Gasteiger partial charge in [0.05, 0.1) is 0 Å². The van der Waals surface area contributed by atoms with Crippen molar-refractivity contribution in [3.05, 3.63) is 23.8 Å². The zero-order chi connectivity index (χ0) is 11.4. The van der Waals surface area contributed by atoms with Gasteiger partial charge >= 0.3 is 5.97 Å². The number of hydrogen-bond donors (Lipinski definition) is 3. The van der Waals surface area contributed by atoms with Gasteiger partial charge in [-0.05, 0) is 25.0 Å². The minimum atomic E-state index is -0.891. The topological polar surface area (TPSA) is 69.6 Å². The monoisotopic (exact) mass is 209 g/mol. The molecule has 1 aromatic carbocycles. The van der Waals surface area contributed by atoms with Crippen LogP contribution in [0.2, 0.25) is 0 Å². The van der Waals surface area contributed by atoms with E-state index in [4.69, 9.17) is 5.11 Å². The number of nitrogens with one attached hydrogen (secondary N) is 1. The molecule has 0 spiro atoms. The predicted octanol–water partition coefficient (Wildman–Crippen LogP) is 1.98. The van der Waals surface area contributed by atoms with Crippen molar-refractivity contribution >= 4 is 11.7 Å². The van der Waals surface area contributed by atoms with Gasteiger partial charge in [-0.15, -0.1) is 0 Å². The molecule has 82 valence electrons. The third-order valence-corrected chi connectivity index (χ3v) is 2.26. The van der Waals surface area contributed by atoms with E-state index >= 15 is 0 Å².